The minimum atomic E-state index is -0.893. The lowest BCUT2D eigenvalue weighted by Gasteiger charge is -2.13. The second kappa shape index (κ2) is 5.19. The molecule has 1 saturated heterocycles. The zero-order valence-electron chi connectivity index (χ0n) is 9.90. The smallest absolute Gasteiger partial charge is 0.337 e. The first-order chi connectivity index (χ1) is 8.16. The number of benzene rings is 1. The molecule has 1 heterocycles. The Hall–Kier alpha value is -1.55. The second-order valence-corrected chi connectivity index (χ2v) is 4.46. The van der Waals surface area contributed by atoms with E-state index in [1.807, 2.05) is 19.1 Å². The van der Waals surface area contributed by atoms with Crippen LogP contribution in [0.15, 0.2) is 18.2 Å². The largest absolute Gasteiger partial charge is 0.478 e. The highest BCUT2D eigenvalue weighted by Gasteiger charge is 2.16. The fourth-order valence-corrected chi connectivity index (χ4v) is 1.99. The van der Waals surface area contributed by atoms with E-state index in [9.17, 15) is 4.79 Å². The normalized spacial score (nSPS) is 19.2. The van der Waals surface area contributed by atoms with Gasteiger partial charge in [-0.25, -0.2) is 4.79 Å². The van der Waals surface area contributed by atoms with Crippen LogP contribution in [0.4, 0.5) is 5.69 Å². The van der Waals surface area contributed by atoms with E-state index in [0.717, 1.165) is 31.7 Å². The van der Waals surface area contributed by atoms with Gasteiger partial charge in [-0.2, -0.15) is 0 Å². The molecule has 1 aromatic carbocycles. The maximum absolute atomic E-state index is 11.1. The number of aromatic carboxylic acids is 1. The molecule has 17 heavy (non-hydrogen) atoms. The Morgan fingerprint density at radius 3 is 3.06 bits per heavy atom. The first kappa shape index (κ1) is 11.9. The number of rotatable bonds is 4. The van der Waals surface area contributed by atoms with E-state index in [2.05, 4.69) is 5.32 Å². The van der Waals surface area contributed by atoms with E-state index in [1.165, 1.54) is 0 Å². The standard InChI is InChI=1S/C13H17NO3/c1-9-2-3-11(13(15)16)12(6-9)14-7-10-4-5-17-8-10/h2-3,6,10,14H,4-5,7-8H2,1H3,(H,15,16). The van der Waals surface area contributed by atoms with Crippen LogP contribution in [-0.2, 0) is 4.74 Å². The van der Waals surface area contributed by atoms with Crippen molar-refractivity contribution in [3.8, 4) is 0 Å². The van der Waals surface area contributed by atoms with Crippen LogP contribution in [0.1, 0.15) is 22.3 Å². The van der Waals surface area contributed by atoms with E-state index in [4.69, 9.17) is 9.84 Å². The maximum atomic E-state index is 11.1. The summed E-state index contributed by atoms with van der Waals surface area (Å²) in [6.07, 6.45) is 1.04. The third-order valence-electron chi connectivity index (χ3n) is 3.01. The number of carbonyl (C=O) groups is 1. The number of aryl methyl sites for hydroxylation is 1. The lowest BCUT2D eigenvalue weighted by molar-refractivity contribution is 0.0698. The topological polar surface area (TPSA) is 58.6 Å². The lowest BCUT2D eigenvalue weighted by Crippen LogP contribution is -2.16. The average molecular weight is 235 g/mol. The van der Waals surface area contributed by atoms with Crippen molar-refractivity contribution in [3.05, 3.63) is 29.3 Å². The fraction of sp³-hybridized carbons (Fsp3) is 0.462. The molecule has 2 N–H and O–H groups in total. The first-order valence-corrected chi connectivity index (χ1v) is 5.82. The number of hydrogen-bond donors (Lipinski definition) is 2. The molecule has 0 radical (unpaired) electrons. The highest BCUT2D eigenvalue weighted by atomic mass is 16.5. The van der Waals surface area contributed by atoms with Crippen LogP contribution in [0.5, 0.6) is 0 Å². The number of hydrogen-bond acceptors (Lipinski definition) is 3. The van der Waals surface area contributed by atoms with Crippen molar-refractivity contribution in [2.75, 3.05) is 25.1 Å². The Balaban J connectivity index is 2.07. The molecule has 1 fully saturated rings. The Labute approximate surface area is 101 Å². The summed E-state index contributed by atoms with van der Waals surface area (Å²) in [5.41, 5.74) is 2.08. The molecule has 4 nitrogen and oxygen atoms in total. The molecule has 0 spiro atoms. The molecule has 1 aliphatic rings. The van der Waals surface area contributed by atoms with Crippen LogP contribution >= 0.6 is 0 Å². The number of ether oxygens (including phenoxy) is 1. The number of carboxylic acid groups (broad SMARTS) is 1. The second-order valence-electron chi connectivity index (χ2n) is 4.46. The van der Waals surface area contributed by atoms with Gasteiger partial charge in [0.2, 0.25) is 0 Å². The minimum Gasteiger partial charge on any atom is -0.478 e. The SMILES string of the molecule is Cc1ccc(C(=O)O)c(NCC2CCOC2)c1. The predicted molar refractivity (Wildman–Crippen MR) is 65.6 cm³/mol. The van der Waals surface area contributed by atoms with Crippen LogP contribution in [0.2, 0.25) is 0 Å². The maximum Gasteiger partial charge on any atom is 0.337 e. The summed E-state index contributed by atoms with van der Waals surface area (Å²) >= 11 is 0. The molecule has 1 aromatic rings. The van der Waals surface area contributed by atoms with E-state index in [1.54, 1.807) is 6.07 Å². The number of carboxylic acids is 1. The van der Waals surface area contributed by atoms with Crippen molar-refractivity contribution in [2.24, 2.45) is 5.92 Å². The van der Waals surface area contributed by atoms with Crippen molar-refractivity contribution in [1.82, 2.24) is 0 Å². The summed E-state index contributed by atoms with van der Waals surface area (Å²) in [6, 6.07) is 5.33. The van der Waals surface area contributed by atoms with Gasteiger partial charge >= 0.3 is 5.97 Å². The van der Waals surface area contributed by atoms with Gasteiger partial charge in [0.15, 0.2) is 0 Å². The molecular weight excluding hydrogens is 218 g/mol. The molecule has 1 unspecified atom stereocenters. The summed E-state index contributed by atoms with van der Waals surface area (Å²) in [4.78, 5) is 11.1. The van der Waals surface area contributed by atoms with Crippen molar-refractivity contribution in [1.29, 1.82) is 0 Å². The molecule has 0 aromatic heterocycles. The molecule has 2 rings (SSSR count). The quantitative estimate of drug-likeness (QED) is 0.839. The molecule has 4 heteroatoms. The first-order valence-electron chi connectivity index (χ1n) is 5.82. The van der Waals surface area contributed by atoms with Gasteiger partial charge in [0.05, 0.1) is 12.2 Å². The summed E-state index contributed by atoms with van der Waals surface area (Å²) in [5, 5.41) is 12.3. The van der Waals surface area contributed by atoms with Crippen LogP contribution in [0.25, 0.3) is 0 Å². The third-order valence-corrected chi connectivity index (χ3v) is 3.01. The summed E-state index contributed by atoms with van der Waals surface area (Å²) < 4.78 is 5.29. The molecule has 0 amide bonds. The molecule has 0 aliphatic carbocycles. The molecule has 1 aliphatic heterocycles. The van der Waals surface area contributed by atoms with Crippen molar-refractivity contribution in [2.45, 2.75) is 13.3 Å². The van der Waals surface area contributed by atoms with E-state index >= 15 is 0 Å². The van der Waals surface area contributed by atoms with Crippen molar-refractivity contribution >= 4 is 11.7 Å². The van der Waals surface area contributed by atoms with Gasteiger partial charge < -0.3 is 15.2 Å². The summed E-state index contributed by atoms with van der Waals surface area (Å²) in [7, 11) is 0. The van der Waals surface area contributed by atoms with E-state index < -0.39 is 5.97 Å². The molecule has 0 saturated carbocycles. The Morgan fingerprint density at radius 1 is 1.59 bits per heavy atom. The van der Waals surface area contributed by atoms with Crippen molar-refractivity contribution in [3.63, 3.8) is 0 Å². The van der Waals surface area contributed by atoms with Gasteiger partial charge in [0, 0.05) is 24.8 Å². The predicted octanol–water partition coefficient (Wildman–Crippen LogP) is 2.14. The Kier molecular flexibility index (Phi) is 3.64. The van der Waals surface area contributed by atoms with E-state index in [0.29, 0.717) is 17.2 Å². The van der Waals surface area contributed by atoms with Crippen LogP contribution in [-0.4, -0.2) is 30.8 Å². The lowest BCUT2D eigenvalue weighted by atomic mass is 10.1. The van der Waals surface area contributed by atoms with Crippen molar-refractivity contribution < 1.29 is 14.6 Å². The Morgan fingerprint density at radius 2 is 2.41 bits per heavy atom. The van der Waals surface area contributed by atoms with Gasteiger partial charge in [0.1, 0.15) is 0 Å². The third kappa shape index (κ3) is 2.97. The monoisotopic (exact) mass is 235 g/mol. The van der Waals surface area contributed by atoms with Crippen LogP contribution in [0.3, 0.4) is 0 Å². The zero-order valence-corrected chi connectivity index (χ0v) is 9.90. The minimum absolute atomic E-state index is 0.328. The van der Waals surface area contributed by atoms with Gasteiger partial charge in [0.25, 0.3) is 0 Å². The average Bonchev–Trinajstić information content (AvgIpc) is 2.78. The van der Waals surface area contributed by atoms with Gasteiger partial charge in [-0.1, -0.05) is 6.07 Å². The van der Waals surface area contributed by atoms with Gasteiger partial charge in [-0.3, -0.25) is 0 Å². The highest BCUT2D eigenvalue weighted by molar-refractivity contribution is 5.94. The molecule has 1 atom stereocenters. The summed E-state index contributed by atoms with van der Waals surface area (Å²) in [5.74, 6) is -0.410. The number of anilines is 1. The van der Waals surface area contributed by atoms with E-state index in [-0.39, 0.29) is 0 Å². The summed E-state index contributed by atoms with van der Waals surface area (Å²) in [6.45, 7) is 4.30. The molecule has 0 bridgehead atoms. The zero-order chi connectivity index (χ0) is 12.3. The Bertz CT molecular complexity index is 411. The molecular formula is C13H17NO3. The van der Waals surface area contributed by atoms with Crippen LogP contribution in [0, 0.1) is 12.8 Å². The van der Waals surface area contributed by atoms with Gasteiger partial charge in [-0.05, 0) is 31.0 Å². The fourth-order valence-electron chi connectivity index (χ4n) is 1.99. The highest BCUT2D eigenvalue weighted by Crippen LogP contribution is 2.20. The molecule has 92 valence electrons. The van der Waals surface area contributed by atoms with Crippen LogP contribution < -0.4 is 5.32 Å². The number of nitrogens with one attached hydrogen (secondary N) is 1. The van der Waals surface area contributed by atoms with Gasteiger partial charge in [-0.15, -0.1) is 0 Å².